The van der Waals surface area contributed by atoms with E-state index in [-0.39, 0.29) is 23.3 Å². The van der Waals surface area contributed by atoms with Crippen LogP contribution in [0.25, 0.3) is 0 Å². The van der Waals surface area contributed by atoms with Crippen molar-refractivity contribution in [2.75, 3.05) is 6.67 Å². The molecule has 4 aliphatic rings. The molecule has 4 aliphatic carbocycles. The zero-order chi connectivity index (χ0) is 30.5. The zero-order valence-corrected chi connectivity index (χ0v) is 26.4. The quantitative estimate of drug-likeness (QED) is 0.0898. The van der Waals surface area contributed by atoms with Crippen molar-refractivity contribution in [3.63, 3.8) is 0 Å². The molecule has 1 aromatic rings. The van der Waals surface area contributed by atoms with Gasteiger partial charge in [-0.05, 0) is 118 Å². The van der Waals surface area contributed by atoms with Gasteiger partial charge in [-0.1, -0.05) is 67.8 Å². The van der Waals surface area contributed by atoms with Crippen LogP contribution in [0.2, 0.25) is 0 Å². The number of nitrogens with one attached hydrogen (secondary N) is 1. The van der Waals surface area contributed by atoms with Crippen LogP contribution in [0, 0.1) is 28.6 Å². The standard InChI is InChI=1S/C39H52FN2O/c1-28-24-39(25-28,29(2)34-23-32(34)26-41)33-15-9-13-30(21-33)14-10-17-37(43)35-22-31(12-6-7-16-36(35)42-3)11-5-4-8-18-38(27-40)19-20-38/h9,12-13,15,21-22,26,28,32,34,41H,2-8,10-11,14,16-20,23-25,27H2,1H3/q+1/b31-12-,35-22?,41-26?. The lowest BCUT2D eigenvalue weighted by Crippen LogP contribution is -2.42. The SMILES string of the molecule is C=[N+]=C1CCC/C=C(/CCCCCC2(CF)CC2)C=C1C(=O)CCCc1cccc(C2(C(=C)C3CC3C=N)CC(C)C2)c1. The van der Waals surface area contributed by atoms with Crippen molar-refractivity contribution in [3.8, 4) is 0 Å². The summed E-state index contributed by atoms with van der Waals surface area (Å²) in [6.45, 7) is 10.6. The fourth-order valence-corrected chi connectivity index (χ4v) is 7.81. The van der Waals surface area contributed by atoms with Crippen LogP contribution in [-0.2, 0) is 16.6 Å². The number of carbonyl (C=O) groups is 1. The molecule has 3 fully saturated rings. The molecule has 2 atom stereocenters. The molecule has 0 spiro atoms. The van der Waals surface area contributed by atoms with Crippen molar-refractivity contribution in [2.24, 2.45) is 23.2 Å². The first-order valence-corrected chi connectivity index (χ1v) is 17.0. The van der Waals surface area contributed by atoms with Gasteiger partial charge < -0.3 is 5.41 Å². The van der Waals surface area contributed by atoms with Gasteiger partial charge in [0, 0.05) is 17.8 Å². The average Bonchev–Trinajstić information content (AvgIpc) is 3.92. The highest BCUT2D eigenvalue weighted by Crippen LogP contribution is 2.59. The van der Waals surface area contributed by atoms with E-state index in [0.29, 0.717) is 24.2 Å². The van der Waals surface area contributed by atoms with E-state index in [9.17, 15) is 9.18 Å². The minimum Gasteiger partial charge on any atom is -0.313 e. The molecule has 0 heterocycles. The summed E-state index contributed by atoms with van der Waals surface area (Å²) >= 11 is 0. The number of ketones is 1. The van der Waals surface area contributed by atoms with Crippen molar-refractivity contribution >= 4 is 24.4 Å². The first-order valence-electron chi connectivity index (χ1n) is 17.0. The van der Waals surface area contributed by atoms with E-state index in [1.54, 1.807) is 6.21 Å². The molecule has 4 heteroatoms. The Morgan fingerprint density at radius 1 is 1.16 bits per heavy atom. The highest BCUT2D eigenvalue weighted by molar-refractivity contribution is 6.22. The van der Waals surface area contributed by atoms with Crippen LogP contribution in [0.5, 0.6) is 0 Å². The molecule has 2 unspecified atom stereocenters. The number of unbranched alkanes of at least 4 members (excludes halogenated alkanes) is 2. The Balaban J connectivity index is 1.18. The average molecular weight is 584 g/mol. The van der Waals surface area contributed by atoms with E-state index < -0.39 is 0 Å². The van der Waals surface area contributed by atoms with Crippen molar-refractivity contribution in [1.82, 2.24) is 4.67 Å². The van der Waals surface area contributed by atoms with E-state index in [2.05, 4.69) is 61.3 Å². The summed E-state index contributed by atoms with van der Waals surface area (Å²) < 4.78 is 17.5. The molecule has 1 aromatic carbocycles. The fourth-order valence-electron chi connectivity index (χ4n) is 7.81. The number of carbonyl (C=O) groups excluding carboxylic acids is 1. The molecule has 0 radical (unpaired) electrons. The number of rotatable bonds is 16. The molecule has 230 valence electrons. The first-order chi connectivity index (χ1) is 20.8. The molecule has 0 aromatic heterocycles. The van der Waals surface area contributed by atoms with Crippen molar-refractivity contribution in [1.29, 1.82) is 5.41 Å². The summed E-state index contributed by atoms with van der Waals surface area (Å²) in [7, 11) is 0. The van der Waals surface area contributed by atoms with Gasteiger partial charge in [-0.2, -0.15) is 0 Å². The smallest absolute Gasteiger partial charge is 0.313 e. The third-order valence-corrected chi connectivity index (χ3v) is 10.9. The largest absolute Gasteiger partial charge is 0.313 e. The highest BCUT2D eigenvalue weighted by Gasteiger charge is 2.52. The maximum Gasteiger partial charge on any atom is 0.313 e. The Morgan fingerprint density at radius 2 is 1.98 bits per heavy atom. The summed E-state index contributed by atoms with van der Waals surface area (Å²) in [4.78, 5) is 13.6. The molecule has 1 N–H and O–H groups in total. The van der Waals surface area contributed by atoms with Crippen LogP contribution < -0.4 is 4.67 Å². The van der Waals surface area contributed by atoms with Crippen molar-refractivity contribution in [3.05, 3.63) is 70.8 Å². The second-order valence-corrected chi connectivity index (χ2v) is 14.3. The topological polar surface area (TPSA) is 55.0 Å². The van der Waals surface area contributed by atoms with Crippen LogP contribution >= 0.6 is 0 Å². The summed E-state index contributed by atoms with van der Waals surface area (Å²) in [6, 6.07) is 9.00. The number of hydrogen-bond acceptors (Lipinski definition) is 2. The third-order valence-electron chi connectivity index (χ3n) is 10.9. The van der Waals surface area contributed by atoms with Gasteiger partial charge in [0.05, 0.1) is 13.1 Å². The van der Waals surface area contributed by atoms with E-state index in [1.165, 1.54) is 22.3 Å². The van der Waals surface area contributed by atoms with Crippen LogP contribution in [0.4, 0.5) is 4.39 Å². The van der Waals surface area contributed by atoms with Crippen LogP contribution in [0.15, 0.2) is 59.7 Å². The lowest BCUT2D eigenvalue weighted by molar-refractivity contribution is -0.115. The molecular formula is C39H52FN2O+. The van der Waals surface area contributed by atoms with Crippen LogP contribution in [0.3, 0.4) is 0 Å². The van der Waals surface area contributed by atoms with Gasteiger partial charge in [0.15, 0.2) is 5.78 Å². The third kappa shape index (κ3) is 7.46. The number of Topliss-reactive ketones (excluding diaryl/α,β-unsaturated/α-hetero) is 1. The maximum absolute atomic E-state index is 13.6. The van der Waals surface area contributed by atoms with E-state index in [1.807, 2.05) is 0 Å². The van der Waals surface area contributed by atoms with Gasteiger partial charge in [-0.25, -0.2) is 0 Å². The van der Waals surface area contributed by atoms with Crippen molar-refractivity contribution < 1.29 is 9.18 Å². The Hall–Kier alpha value is -2.84. The number of nitrogens with zero attached hydrogens (tertiary/aromatic N) is 1. The summed E-state index contributed by atoms with van der Waals surface area (Å²) in [5, 5.41) is 7.69. The van der Waals surface area contributed by atoms with E-state index in [0.717, 1.165) is 108 Å². The molecule has 3 nitrogen and oxygen atoms in total. The normalized spacial score (nSPS) is 28.7. The Labute approximate surface area is 259 Å². The number of halogens is 1. The number of allylic oxidation sites excluding steroid dienone is 5. The summed E-state index contributed by atoms with van der Waals surface area (Å²) in [5.74, 6) is 1.71. The molecule has 3 saturated carbocycles. The summed E-state index contributed by atoms with van der Waals surface area (Å²) in [5.41, 5.74) is 6.90. The molecule has 0 amide bonds. The van der Waals surface area contributed by atoms with Gasteiger partial charge in [0.1, 0.15) is 5.57 Å². The van der Waals surface area contributed by atoms with Gasteiger partial charge >= 0.3 is 5.71 Å². The number of aryl methyl sites for hydroxylation is 1. The summed E-state index contributed by atoms with van der Waals surface area (Å²) in [6.07, 6.45) is 21.7. The minimum atomic E-state index is -0.159. The number of alkyl halides is 1. The monoisotopic (exact) mass is 583 g/mol. The molecule has 0 saturated heterocycles. The van der Waals surface area contributed by atoms with E-state index >= 15 is 0 Å². The lowest BCUT2D eigenvalue weighted by Gasteiger charge is -2.49. The molecule has 43 heavy (non-hydrogen) atoms. The first kappa shape index (κ1) is 31.6. The number of hydrogen-bond donors (Lipinski definition) is 1. The predicted octanol–water partition coefficient (Wildman–Crippen LogP) is 9.03. The lowest BCUT2D eigenvalue weighted by atomic mass is 9.55. The second kappa shape index (κ2) is 13.9. The Morgan fingerprint density at radius 3 is 2.65 bits per heavy atom. The van der Waals surface area contributed by atoms with Crippen LogP contribution in [0.1, 0.15) is 114 Å². The Bertz CT molecular complexity index is 1320. The molecule has 0 bridgehead atoms. The van der Waals surface area contributed by atoms with Gasteiger partial charge in [0.2, 0.25) is 0 Å². The van der Waals surface area contributed by atoms with Gasteiger partial charge in [-0.3, -0.25) is 9.18 Å². The van der Waals surface area contributed by atoms with Crippen LogP contribution in [-0.4, -0.2) is 31.1 Å². The van der Waals surface area contributed by atoms with E-state index in [4.69, 9.17) is 5.41 Å². The van der Waals surface area contributed by atoms with Crippen molar-refractivity contribution in [2.45, 2.75) is 115 Å². The highest BCUT2D eigenvalue weighted by atomic mass is 19.1. The number of benzene rings is 1. The van der Waals surface area contributed by atoms with Gasteiger partial charge in [-0.15, -0.1) is 4.67 Å². The zero-order valence-electron chi connectivity index (χ0n) is 26.4. The molecule has 0 aliphatic heterocycles. The minimum absolute atomic E-state index is 0.0209. The molecular weight excluding hydrogens is 531 g/mol. The fraction of sp³-hybridized carbons (Fsp3) is 0.590. The molecule has 5 rings (SSSR count). The Kier molecular flexibility index (Phi) is 10.2. The van der Waals surface area contributed by atoms with Gasteiger partial charge in [0.25, 0.3) is 6.72 Å². The second-order valence-electron chi connectivity index (χ2n) is 14.3. The predicted molar refractivity (Wildman–Crippen MR) is 179 cm³/mol. The maximum atomic E-state index is 13.6.